The van der Waals surface area contributed by atoms with Gasteiger partial charge in [-0.2, -0.15) is 0 Å². The largest absolute Gasteiger partial charge is 0.497 e. The van der Waals surface area contributed by atoms with Crippen LogP contribution < -0.4 is 10.2 Å². The van der Waals surface area contributed by atoms with Crippen LogP contribution in [-0.2, 0) is 15.0 Å². The Balaban J connectivity index is 2.25. The summed E-state index contributed by atoms with van der Waals surface area (Å²) in [5.74, 6) is -0.657. The van der Waals surface area contributed by atoms with Gasteiger partial charge in [-0.15, -0.1) is 0 Å². The van der Waals surface area contributed by atoms with Crippen molar-refractivity contribution >= 4 is 18.6 Å². The van der Waals surface area contributed by atoms with Crippen molar-refractivity contribution in [2.24, 2.45) is 0 Å². The van der Waals surface area contributed by atoms with Crippen molar-refractivity contribution in [3.8, 4) is 5.75 Å². The van der Waals surface area contributed by atoms with Gasteiger partial charge in [-0.3, -0.25) is 0 Å². The van der Waals surface area contributed by atoms with Crippen molar-refractivity contribution in [2.45, 2.75) is 5.60 Å². The maximum atomic E-state index is 12.0. The average molecular weight is 284 g/mol. The first-order valence-corrected chi connectivity index (χ1v) is 6.43. The summed E-state index contributed by atoms with van der Waals surface area (Å²) in [5, 5.41) is 19.8. The first kappa shape index (κ1) is 13.7. The lowest BCUT2D eigenvalue weighted by molar-refractivity contribution is -0.152. The third kappa shape index (κ3) is 1.92. The zero-order valence-corrected chi connectivity index (χ0v) is 11.3. The number of rotatable bonds is 3. The van der Waals surface area contributed by atoms with Gasteiger partial charge in [-0.25, -0.2) is 4.79 Å². The van der Waals surface area contributed by atoms with E-state index in [0.29, 0.717) is 22.3 Å². The van der Waals surface area contributed by atoms with Gasteiger partial charge in [0.25, 0.3) is 0 Å². The Morgan fingerprint density at radius 1 is 1.24 bits per heavy atom. The maximum Gasteiger partial charge on any atom is 0.492 e. The molecule has 0 amide bonds. The Kier molecular flexibility index (Phi) is 3.20. The molecular formula is C15H13BO5. The number of hydrogen-bond donors (Lipinski definition) is 2. The van der Waals surface area contributed by atoms with Gasteiger partial charge in [0.2, 0.25) is 5.60 Å². The van der Waals surface area contributed by atoms with Gasteiger partial charge < -0.3 is 19.5 Å². The molecule has 0 aliphatic carbocycles. The molecule has 2 aromatic rings. The highest BCUT2D eigenvalue weighted by Crippen LogP contribution is 2.39. The van der Waals surface area contributed by atoms with Gasteiger partial charge in [-0.05, 0) is 23.2 Å². The monoisotopic (exact) mass is 284 g/mol. The van der Waals surface area contributed by atoms with Gasteiger partial charge in [0, 0.05) is 5.56 Å². The van der Waals surface area contributed by atoms with Crippen LogP contribution in [0.15, 0.2) is 48.5 Å². The van der Waals surface area contributed by atoms with E-state index < -0.39 is 18.7 Å². The van der Waals surface area contributed by atoms with Gasteiger partial charge in [-0.1, -0.05) is 36.4 Å². The molecule has 2 N–H and O–H groups in total. The number of ether oxygens (including phenoxy) is 1. The van der Waals surface area contributed by atoms with E-state index >= 15 is 0 Å². The molecule has 3 rings (SSSR count). The highest BCUT2D eigenvalue weighted by Gasteiger charge is 2.54. The van der Waals surface area contributed by atoms with Gasteiger partial charge in [0.1, 0.15) is 5.75 Å². The summed E-state index contributed by atoms with van der Waals surface area (Å²) in [6, 6.07) is 13.4. The summed E-state index contributed by atoms with van der Waals surface area (Å²) >= 11 is 0. The van der Waals surface area contributed by atoms with Crippen molar-refractivity contribution in [1.82, 2.24) is 0 Å². The quantitative estimate of drug-likeness (QED) is 0.813. The fraction of sp³-hybridized carbons (Fsp3) is 0.133. The topological polar surface area (TPSA) is 76.0 Å². The third-order valence-corrected chi connectivity index (χ3v) is 3.67. The van der Waals surface area contributed by atoms with E-state index in [0.717, 1.165) is 0 Å². The normalized spacial score (nSPS) is 20.2. The Morgan fingerprint density at radius 2 is 2.00 bits per heavy atom. The van der Waals surface area contributed by atoms with E-state index in [1.54, 1.807) is 48.5 Å². The molecule has 1 heterocycles. The summed E-state index contributed by atoms with van der Waals surface area (Å²) in [4.78, 5) is 12.0. The highest BCUT2D eigenvalue weighted by molar-refractivity contribution is 6.62. The Bertz CT molecular complexity index is 702. The minimum atomic E-state index is -1.73. The van der Waals surface area contributed by atoms with Crippen LogP contribution in [0.5, 0.6) is 5.75 Å². The molecule has 0 bridgehead atoms. The smallest absolute Gasteiger partial charge is 0.492 e. The number of hydrogen-bond acceptors (Lipinski definition) is 4. The summed E-state index contributed by atoms with van der Waals surface area (Å²) in [6.45, 7) is 0. The van der Waals surface area contributed by atoms with Gasteiger partial charge >= 0.3 is 13.1 Å². The zero-order valence-electron chi connectivity index (χ0n) is 11.3. The van der Waals surface area contributed by atoms with Crippen LogP contribution in [0.2, 0.25) is 0 Å². The minimum Gasteiger partial charge on any atom is -0.497 e. The number of benzene rings is 2. The molecule has 6 heteroatoms. The lowest BCUT2D eigenvalue weighted by Crippen LogP contribution is -2.38. The lowest BCUT2D eigenvalue weighted by Gasteiger charge is -2.26. The molecule has 0 saturated heterocycles. The minimum absolute atomic E-state index is 0.401. The molecule has 0 spiro atoms. The molecular weight excluding hydrogens is 271 g/mol. The fourth-order valence-corrected chi connectivity index (χ4v) is 2.68. The van der Waals surface area contributed by atoms with E-state index in [-0.39, 0.29) is 0 Å². The third-order valence-electron chi connectivity index (χ3n) is 3.67. The molecule has 1 aliphatic heterocycles. The summed E-state index contributed by atoms with van der Waals surface area (Å²) in [5.41, 5.74) is -0.441. The van der Waals surface area contributed by atoms with E-state index in [2.05, 4.69) is 0 Å². The van der Waals surface area contributed by atoms with E-state index in [4.69, 9.17) is 9.39 Å². The summed E-state index contributed by atoms with van der Waals surface area (Å²) < 4.78 is 10.6. The lowest BCUT2D eigenvalue weighted by atomic mass is 9.77. The zero-order chi connectivity index (χ0) is 15.0. The Morgan fingerprint density at radius 3 is 2.71 bits per heavy atom. The maximum absolute atomic E-state index is 12.0. The average Bonchev–Trinajstić information content (AvgIpc) is 2.82. The van der Waals surface area contributed by atoms with Crippen LogP contribution in [0.3, 0.4) is 0 Å². The standard InChI is InChI=1S/C15H13BO5/c1-20-11-6-4-5-10(9-11)15(14(17)18)12-7-2-3-8-13(12)16(19)21-15/h2-9,19H,1H3,(H,17,18). The summed E-state index contributed by atoms with van der Waals surface area (Å²) in [7, 11) is 0.230. The Hall–Kier alpha value is -2.31. The number of methoxy groups -OCH3 is 1. The van der Waals surface area contributed by atoms with Crippen molar-refractivity contribution < 1.29 is 24.3 Å². The molecule has 2 aromatic carbocycles. The van der Waals surface area contributed by atoms with Crippen molar-refractivity contribution in [2.75, 3.05) is 7.11 Å². The van der Waals surface area contributed by atoms with Gasteiger partial charge in [0.15, 0.2) is 0 Å². The molecule has 106 valence electrons. The van der Waals surface area contributed by atoms with Gasteiger partial charge in [0.05, 0.1) is 7.11 Å². The number of aliphatic carboxylic acids is 1. The van der Waals surface area contributed by atoms with Crippen molar-refractivity contribution in [3.05, 3.63) is 59.7 Å². The second-order valence-electron chi connectivity index (χ2n) is 4.78. The van der Waals surface area contributed by atoms with E-state index in [1.807, 2.05) is 0 Å². The second kappa shape index (κ2) is 4.91. The van der Waals surface area contributed by atoms with Crippen LogP contribution in [-0.4, -0.2) is 30.3 Å². The van der Waals surface area contributed by atoms with Crippen LogP contribution >= 0.6 is 0 Å². The number of carboxylic acids is 1. The first-order valence-electron chi connectivity index (χ1n) is 6.43. The van der Waals surface area contributed by atoms with Crippen molar-refractivity contribution in [3.63, 3.8) is 0 Å². The van der Waals surface area contributed by atoms with Crippen LogP contribution in [0.25, 0.3) is 0 Å². The van der Waals surface area contributed by atoms with Crippen LogP contribution in [0.4, 0.5) is 0 Å². The number of carbonyl (C=O) groups is 1. The first-order chi connectivity index (χ1) is 10.1. The number of carboxylic acid groups (broad SMARTS) is 1. The predicted molar refractivity (Wildman–Crippen MR) is 76.5 cm³/mol. The molecule has 1 unspecified atom stereocenters. The van der Waals surface area contributed by atoms with Crippen LogP contribution in [0.1, 0.15) is 11.1 Å². The molecule has 5 nitrogen and oxygen atoms in total. The van der Waals surface area contributed by atoms with E-state index in [9.17, 15) is 14.9 Å². The number of fused-ring (bicyclic) bond motifs is 1. The van der Waals surface area contributed by atoms with E-state index in [1.165, 1.54) is 7.11 Å². The molecule has 0 saturated carbocycles. The fourth-order valence-electron chi connectivity index (χ4n) is 2.68. The molecule has 1 aliphatic rings. The molecule has 0 aromatic heterocycles. The molecule has 1 atom stereocenters. The predicted octanol–water partition coefficient (Wildman–Crippen LogP) is 0.741. The molecule has 21 heavy (non-hydrogen) atoms. The second-order valence-corrected chi connectivity index (χ2v) is 4.78. The Labute approximate surface area is 121 Å². The summed E-state index contributed by atoms with van der Waals surface area (Å²) in [6.07, 6.45) is 0. The highest BCUT2D eigenvalue weighted by atomic mass is 16.6. The van der Waals surface area contributed by atoms with Crippen LogP contribution in [0, 0.1) is 0 Å². The van der Waals surface area contributed by atoms with Crippen molar-refractivity contribution in [1.29, 1.82) is 0 Å². The SMILES string of the molecule is COc1cccc(C2(C(=O)O)OB(O)c3ccccc32)c1. The molecule has 0 radical (unpaired) electrons. The molecule has 0 fully saturated rings.